The summed E-state index contributed by atoms with van der Waals surface area (Å²) >= 11 is 4.76. The summed E-state index contributed by atoms with van der Waals surface area (Å²) < 4.78 is 0. The molecule has 0 saturated carbocycles. The van der Waals surface area contributed by atoms with Crippen molar-refractivity contribution in [2.24, 2.45) is 0 Å². The first-order valence-electron chi connectivity index (χ1n) is 0.626. The van der Waals surface area contributed by atoms with E-state index < -0.39 is 0 Å². The molecule has 0 spiro atoms. The predicted molar refractivity (Wildman–Crippen MR) is 16.1 cm³/mol. The predicted octanol–water partition coefficient (Wildman–Crippen LogP) is 1.36. The Labute approximate surface area is 65.2 Å². The van der Waals surface area contributed by atoms with Gasteiger partial charge in [-0.15, -0.1) is 0 Å². The van der Waals surface area contributed by atoms with E-state index in [1.807, 2.05) is 0 Å². The van der Waals surface area contributed by atoms with E-state index in [2.05, 4.69) is 6.58 Å². The molecule has 3 heteroatoms. The molecule has 0 unspecified atom stereocenters. The SMILES string of the molecule is C=CCl.[Au].[Ru]. The smallest absolute Gasteiger partial charge is 0 e. The minimum Gasteiger partial charge on any atom is -0.0936 e. The van der Waals surface area contributed by atoms with Crippen molar-refractivity contribution in [1.82, 2.24) is 0 Å². The van der Waals surface area contributed by atoms with Gasteiger partial charge in [-0.1, -0.05) is 18.2 Å². The van der Waals surface area contributed by atoms with Crippen LogP contribution >= 0.6 is 11.6 Å². The molecule has 0 aromatic heterocycles. The number of hydrogen-bond donors (Lipinski definition) is 0. The van der Waals surface area contributed by atoms with Crippen LogP contribution in [0.2, 0.25) is 0 Å². The molecular weight excluding hydrogens is 358 g/mol. The van der Waals surface area contributed by atoms with Crippen LogP contribution in [0.3, 0.4) is 0 Å². The molecule has 1 radical (unpaired) electrons. The van der Waals surface area contributed by atoms with Crippen molar-refractivity contribution in [2.75, 3.05) is 0 Å². The molecule has 0 bridgehead atoms. The molecule has 0 aromatic rings. The third kappa shape index (κ3) is 32.0. The molecule has 0 aliphatic rings. The summed E-state index contributed by atoms with van der Waals surface area (Å²) in [5, 5.41) is 0. The van der Waals surface area contributed by atoms with Crippen LogP contribution in [-0.4, -0.2) is 0 Å². The molecule has 0 amide bonds. The molecule has 37 valence electrons. The molecule has 0 atom stereocenters. The van der Waals surface area contributed by atoms with Gasteiger partial charge in [0.1, 0.15) is 0 Å². The zero-order valence-electron chi connectivity index (χ0n) is 2.32. The first kappa shape index (κ1) is 16.2. The van der Waals surface area contributed by atoms with Gasteiger partial charge in [0.2, 0.25) is 0 Å². The Morgan fingerprint density at radius 2 is 1.60 bits per heavy atom. The Morgan fingerprint density at radius 3 is 1.60 bits per heavy atom. The van der Waals surface area contributed by atoms with Gasteiger partial charge in [-0.3, -0.25) is 0 Å². The maximum absolute atomic E-state index is 4.76. The Balaban J connectivity index is -0.0000000200. The number of hydrogen-bond acceptors (Lipinski definition) is 0. The number of halogens is 1. The van der Waals surface area contributed by atoms with Gasteiger partial charge >= 0.3 is 0 Å². The Hall–Kier alpha value is 1.39. The third-order valence-corrected chi connectivity index (χ3v) is 0. The van der Waals surface area contributed by atoms with Crippen molar-refractivity contribution in [1.29, 1.82) is 0 Å². The molecule has 5 heavy (non-hydrogen) atoms. The second-order valence-electron chi connectivity index (χ2n) is 0.154. The van der Waals surface area contributed by atoms with Gasteiger partial charge in [0.15, 0.2) is 0 Å². The van der Waals surface area contributed by atoms with Gasteiger partial charge in [0.05, 0.1) is 0 Å². The van der Waals surface area contributed by atoms with Crippen LogP contribution in [0.25, 0.3) is 0 Å². The normalized spacial score (nSPS) is 2.60. The summed E-state index contributed by atoms with van der Waals surface area (Å²) in [6, 6.07) is 0. The van der Waals surface area contributed by atoms with Crippen LogP contribution in [0, 0.1) is 0 Å². The maximum atomic E-state index is 4.76. The van der Waals surface area contributed by atoms with Crippen LogP contribution in [-0.2, 0) is 41.9 Å². The minimum atomic E-state index is 0. The summed E-state index contributed by atoms with van der Waals surface area (Å²) in [5.41, 5.74) is 1.22. The van der Waals surface area contributed by atoms with E-state index in [0.717, 1.165) is 0 Å². The van der Waals surface area contributed by atoms with Gasteiger partial charge in [-0.25, -0.2) is 0 Å². The molecule has 0 rings (SSSR count). The zero-order chi connectivity index (χ0) is 2.71. The van der Waals surface area contributed by atoms with E-state index in [9.17, 15) is 0 Å². The Morgan fingerprint density at radius 1 is 1.60 bits per heavy atom. The van der Waals surface area contributed by atoms with Gasteiger partial charge in [-0.05, 0) is 5.54 Å². The van der Waals surface area contributed by atoms with Crippen molar-refractivity contribution in [2.45, 2.75) is 0 Å². The average Bonchev–Trinajstić information content (AvgIpc) is 0.918. The fraction of sp³-hybridized carbons (Fsp3) is 0. The Kier molecular flexibility index (Phi) is 58.7. The molecule has 0 nitrogen and oxygen atoms in total. The van der Waals surface area contributed by atoms with Crippen molar-refractivity contribution >= 4 is 11.6 Å². The molecule has 0 saturated heterocycles. The summed E-state index contributed by atoms with van der Waals surface area (Å²) in [6.07, 6.45) is 0. The molecule has 0 aliphatic carbocycles. The van der Waals surface area contributed by atoms with Crippen LogP contribution in [0.5, 0.6) is 0 Å². The van der Waals surface area contributed by atoms with Gasteiger partial charge in [0, 0.05) is 41.9 Å². The summed E-state index contributed by atoms with van der Waals surface area (Å²) in [4.78, 5) is 0. The standard InChI is InChI=1S/C2H3Cl.Au.Ru/c1-2-3;;/h2H,1H2;;. The molecule has 0 aliphatic heterocycles. The van der Waals surface area contributed by atoms with E-state index in [1.165, 1.54) is 5.54 Å². The molecular formula is C2H3AuClRu. The molecule has 0 fully saturated rings. The van der Waals surface area contributed by atoms with Crippen LogP contribution in [0.1, 0.15) is 0 Å². The van der Waals surface area contributed by atoms with Crippen LogP contribution in [0.4, 0.5) is 0 Å². The summed E-state index contributed by atoms with van der Waals surface area (Å²) in [7, 11) is 0. The van der Waals surface area contributed by atoms with E-state index in [4.69, 9.17) is 11.6 Å². The van der Waals surface area contributed by atoms with Crippen LogP contribution < -0.4 is 0 Å². The fourth-order valence-electron chi connectivity index (χ4n) is 0. The van der Waals surface area contributed by atoms with E-state index >= 15 is 0 Å². The first-order chi connectivity index (χ1) is 1.41. The molecule has 0 aromatic carbocycles. The van der Waals surface area contributed by atoms with Crippen molar-refractivity contribution in [3.8, 4) is 0 Å². The molecule has 0 heterocycles. The third-order valence-electron chi connectivity index (χ3n) is 0. The van der Waals surface area contributed by atoms with Crippen molar-refractivity contribution in [3.63, 3.8) is 0 Å². The number of rotatable bonds is 0. The van der Waals surface area contributed by atoms with Crippen molar-refractivity contribution in [3.05, 3.63) is 12.1 Å². The maximum Gasteiger partial charge on any atom is 0 e. The second-order valence-corrected chi connectivity index (χ2v) is 0.463. The summed E-state index contributed by atoms with van der Waals surface area (Å²) in [5.74, 6) is 0. The summed E-state index contributed by atoms with van der Waals surface area (Å²) in [6.45, 7) is 3.13. The average molecular weight is 361 g/mol. The van der Waals surface area contributed by atoms with Gasteiger partial charge in [0.25, 0.3) is 0 Å². The van der Waals surface area contributed by atoms with Gasteiger partial charge < -0.3 is 0 Å². The van der Waals surface area contributed by atoms with E-state index in [-0.39, 0.29) is 41.9 Å². The second kappa shape index (κ2) is 18.2. The minimum absolute atomic E-state index is 0. The quantitative estimate of drug-likeness (QED) is 0.573. The van der Waals surface area contributed by atoms with Crippen LogP contribution in [0.15, 0.2) is 12.1 Å². The van der Waals surface area contributed by atoms with Gasteiger partial charge in [-0.2, -0.15) is 0 Å². The van der Waals surface area contributed by atoms with Crippen molar-refractivity contribution < 1.29 is 41.9 Å². The largest absolute Gasteiger partial charge is 0.0936 e. The zero-order valence-corrected chi connectivity index (χ0v) is 6.98. The van der Waals surface area contributed by atoms with E-state index in [1.54, 1.807) is 0 Å². The fourth-order valence-corrected chi connectivity index (χ4v) is 0. The monoisotopic (exact) mass is 361 g/mol. The first-order valence-corrected chi connectivity index (χ1v) is 1.06. The molecule has 0 N–H and O–H groups in total. The Bertz CT molecular complexity index is 17.1. The van der Waals surface area contributed by atoms with E-state index in [0.29, 0.717) is 0 Å². The topological polar surface area (TPSA) is 0 Å².